The Morgan fingerprint density at radius 1 is 0.794 bits per heavy atom. The van der Waals surface area contributed by atoms with E-state index in [2.05, 4.69) is 16.0 Å². The molecule has 0 radical (unpaired) electrons. The van der Waals surface area contributed by atoms with Crippen molar-refractivity contribution in [3.63, 3.8) is 0 Å². The molecule has 190 valence electrons. The van der Waals surface area contributed by atoms with E-state index in [9.17, 15) is 44.7 Å². The van der Waals surface area contributed by atoms with Gasteiger partial charge >= 0.3 is 5.97 Å². The second-order valence-electron chi connectivity index (χ2n) is 7.99. The third kappa shape index (κ3) is 8.59. The molecule has 0 spiro atoms. The molecule has 10 N–H and O–H groups in total. The summed E-state index contributed by atoms with van der Waals surface area (Å²) in [5.41, 5.74) is 6.01. The Morgan fingerprint density at radius 2 is 1.24 bits per heavy atom. The Balaban J connectivity index is 2.95. The minimum atomic E-state index is -1.63. The van der Waals surface area contributed by atoms with E-state index in [1.165, 1.54) is 45.0 Å². The SMILES string of the molecule is CC(O)C(N)C(=O)NC(C(=O)NC(C(=O)NC(Cc1ccc(O)cc1)C(=O)O)C(C)O)C(C)O. The number of aliphatic hydroxyl groups excluding tert-OH is 3. The molecular weight excluding hydrogens is 452 g/mol. The normalized spacial score (nSPS) is 17.3. The lowest BCUT2D eigenvalue weighted by atomic mass is 10.0. The summed E-state index contributed by atoms with van der Waals surface area (Å²) in [5, 5.41) is 54.7. The molecule has 0 heterocycles. The van der Waals surface area contributed by atoms with Crippen LogP contribution in [0.1, 0.15) is 26.3 Å². The van der Waals surface area contributed by atoms with Crippen molar-refractivity contribution < 1.29 is 44.7 Å². The number of phenols is 1. The van der Waals surface area contributed by atoms with Crippen LogP contribution in [0.2, 0.25) is 0 Å². The highest BCUT2D eigenvalue weighted by Crippen LogP contribution is 2.12. The van der Waals surface area contributed by atoms with E-state index in [-0.39, 0.29) is 12.2 Å². The van der Waals surface area contributed by atoms with Gasteiger partial charge in [-0.2, -0.15) is 0 Å². The predicted octanol–water partition coefficient (Wildman–Crippen LogP) is -3.06. The Morgan fingerprint density at radius 3 is 1.65 bits per heavy atom. The number of benzene rings is 1. The number of carboxylic acids is 1. The standard InChI is InChI=1S/C21H32N4O9/c1-9(26)15(22)18(30)24-17(11(3)28)20(32)25-16(10(2)27)19(31)23-14(21(33)34)8-12-4-6-13(29)7-5-12/h4-7,9-11,14-17,26-29H,8,22H2,1-3H3,(H,23,31)(H,24,30)(H,25,32)(H,33,34). The fourth-order valence-electron chi connectivity index (χ4n) is 2.85. The van der Waals surface area contributed by atoms with E-state index in [0.717, 1.165) is 0 Å². The lowest BCUT2D eigenvalue weighted by Crippen LogP contribution is -2.62. The molecular formula is C21H32N4O9. The van der Waals surface area contributed by atoms with Gasteiger partial charge in [0.1, 0.15) is 29.9 Å². The maximum absolute atomic E-state index is 12.7. The first-order valence-electron chi connectivity index (χ1n) is 10.5. The molecule has 0 aliphatic rings. The average molecular weight is 485 g/mol. The zero-order chi connectivity index (χ0) is 26.2. The van der Waals surface area contributed by atoms with Gasteiger partial charge < -0.3 is 47.2 Å². The van der Waals surface area contributed by atoms with E-state index in [1.54, 1.807) is 0 Å². The number of nitrogens with one attached hydrogen (secondary N) is 3. The van der Waals surface area contributed by atoms with Crippen LogP contribution in [0.15, 0.2) is 24.3 Å². The van der Waals surface area contributed by atoms with Gasteiger partial charge in [0, 0.05) is 6.42 Å². The molecule has 0 aliphatic heterocycles. The van der Waals surface area contributed by atoms with Crippen LogP contribution >= 0.6 is 0 Å². The molecule has 0 saturated heterocycles. The number of carboxylic acid groups (broad SMARTS) is 1. The Kier molecular flexibility index (Phi) is 10.9. The Labute approximate surface area is 196 Å². The number of phenolic OH excluding ortho intramolecular Hbond substituents is 1. The van der Waals surface area contributed by atoms with Crippen LogP contribution < -0.4 is 21.7 Å². The van der Waals surface area contributed by atoms with Crippen molar-refractivity contribution in [2.45, 2.75) is 69.7 Å². The fourth-order valence-corrected chi connectivity index (χ4v) is 2.85. The molecule has 1 aromatic carbocycles. The number of hydrogen-bond acceptors (Lipinski definition) is 9. The largest absolute Gasteiger partial charge is 0.508 e. The first kappa shape index (κ1) is 28.8. The van der Waals surface area contributed by atoms with Crippen molar-refractivity contribution in [2.24, 2.45) is 5.73 Å². The van der Waals surface area contributed by atoms with Crippen molar-refractivity contribution >= 4 is 23.7 Å². The number of rotatable bonds is 12. The number of carbonyl (C=O) groups excluding carboxylic acids is 3. The van der Waals surface area contributed by atoms with Gasteiger partial charge in [0.25, 0.3) is 0 Å². The van der Waals surface area contributed by atoms with Crippen LogP contribution in [0.5, 0.6) is 5.75 Å². The Hall–Kier alpha value is -3.26. The van der Waals surface area contributed by atoms with Gasteiger partial charge in [0.15, 0.2) is 0 Å². The predicted molar refractivity (Wildman–Crippen MR) is 118 cm³/mol. The lowest BCUT2D eigenvalue weighted by molar-refractivity contribution is -0.143. The third-order valence-electron chi connectivity index (χ3n) is 4.94. The van der Waals surface area contributed by atoms with Gasteiger partial charge in [0.2, 0.25) is 17.7 Å². The summed E-state index contributed by atoms with van der Waals surface area (Å²) in [6.45, 7) is 3.63. The number of aliphatic carboxylic acids is 1. The number of amides is 3. The van der Waals surface area contributed by atoms with Crippen LogP contribution in [-0.2, 0) is 25.6 Å². The highest BCUT2D eigenvalue weighted by Gasteiger charge is 2.34. The highest BCUT2D eigenvalue weighted by molar-refractivity contribution is 5.94. The molecule has 0 fully saturated rings. The van der Waals surface area contributed by atoms with Crippen molar-refractivity contribution in [2.75, 3.05) is 0 Å². The number of aliphatic hydroxyl groups is 3. The molecule has 7 unspecified atom stereocenters. The van der Waals surface area contributed by atoms with E-state index >= 15 is 0 Å². The fraction of sp³-hybridized carbons (Fsp3) is 0.524. The summed E-state index contributed by atoms with van der Waals surface area (Å²) < 4.78 is 0. The minimum Gasteiger partial charge on any atom is -0.508 e. The molecule has 13 nitrogen and oxygen atoms in total. The molecule has 7 atom stereocenters. The maximum atomic E-state index is 12.7. The van der Waals surface area contributed by atoms with Crippen molar-refractivity contribution in [3.8, 4) is 5.75 Å². The number of nitrogens with two attached hydrogens (primary N) is 1. The van der Waals surface area contributed by atoms with E-state index in [4.69, 9.17) is 5.73 Å². The molecule has 0 aromatic heterocycles. The summed E-state index contributed by atoms with van der Waals surface area (Å²) in [5.74, 6) is -4.41. The first-order valence-corrected chi connectivity index (χ1v) is 10.5. The molecule has 0 bridgehead atoms. The van der Waals surface area contributed by atoms with E-state index in [0.29, 0.717) is 5.56 Å². The van der Waals surface area contributed by atoms with Crippen LogP contribution in [0.4, 0.5) is 0 Å². The molecule has 13 heteroatoms. The van der Waals surface area contributed by atoms with Crippen LogP contribution in [0, 0.1) is 0 Å². The second kappa shape index (κ2) is 12.8. The van der Waals surface area contributed by atoms with Gasteiger partial charge in [-0.1, -0.05) is 12.1 Å². The second-order valence-corrected chi connectivity index (χ2v) is 7.99. The van der Waals surface area contributed by atoms with Crippen LogP contribution in [0.3, 0.4) is 0 Å². The van der Waals surface area contributed by atoms with Gasteiger partial charge in [-0.3, -0.25) is 14.4 Å². The average Bonchev–Trinajstić information content (AvgIpc) is 2.74. The zero-order valence-corrected chi connectivity index (χ0v) is 19.0. The minimum absolute atomic E-state index is 0.0225. The van der Waals surface area contributed by atoms with Crippen molar-refractivity contribution in [1.82, 2.24) is 16.0 Å². The highest BCUT2D eigenvalue weighted by atomic mass is 16.4. The summed E-state index contributed by atoms with van der Waals surface area (Å²) >= 11 is 0. The molecule has 3 amide bonds. The van der Waals surface area contributed by atoms with E-state index < -0.39 is 66.2 Å². The summed E-state index contributed by atoms with van der Waals surface area (Å²) in [6.07, 6.45) is -4.30. The van der Waals surface area contributed by atoms with Crippen LogP contribution in [-0.4, -0.2) is 91.7 Å². The third-order valence-corrected chi connectivity index (χ3v) is 4.94. The monoisotopic (exact) mass is 484 g/mol. The molecule has 0 saturated carbocycles. The summed E-state index contributed by atoms with van der Waals surface area (Å²) in [6, 6.07) is -0.381. The van der Waals surface area contributed by atoms with E-state index in [1.807, 2.05) is 0 Å². The number of hydrogen-bond donors (Lipinski definition) is 9. The topological polar surface area (TPSA) is 232 Å². The lowest BCUT2D eigenvalue weighted by Gasteiger charge is -2.28. The quantitative estimate of drug-likeness (QED) is 0.145. The maximum Gasteiger partial charge on any atom is 0.326 e. The van der Waals surface area contributed by atoms with Gasteiger partial charge in [-0.25, -0.2) is 4.79 Å². The van der Waals surface area contributed by atoms with Gasteiger partial charge in [0.05, 0.1) is 18.3 Å². The molecule has 1 rings (SSSR count). The molecule has 34 heavy (non-hydrogen) atoms. The van der Waals surface area contributed by atoms with Gasteiger partial charge in [-0.05, 0) is 38.5 Å². The smallest absolute Gasteiger partial charge is 0.326 e. The molecule has 0 aliphatic carbocycles. The summed E-state index contributed by atoms with van der Waals surface area (Å²) in [4.78, 5) is 49.1. The Bertz CT molecular complexity index is 858. The van der Waals surface area contributed by atoms with Crippen molar-refractivity contribution in [1.29, 1.82) is 0 Å². The van der Waals surface area contributed by atoms with Crippen LogP contribution in [0.25, 0.3) is 0 Å². The zero-order valence-electron chi connectivity index (χ0n) is 19.0. The first-order chi connectivity index (χ1) is 15.7. The number of aromatic hydroxyl groups is 1. The van der Waals surface area contributed by atoms with Gasteiger partial charge in [-0.15, -0.1) is 0 Å². The van der Waals surface area contributed by atoms with Crippen molar-refractivity contribution in [3.05, 3.63) is 29.8 Å². The summed E-state index contributed by atoms with van der Waals surface area (Å²) in [7, 11) is 0. The molecule has 1 aromatic rings. The number of carbonyl (C=O) groups is 4.